The van der Waals surface area contributed by atoms with Crippen LogP contribution in [-0.4, -0.2) is 15.9 Å². The molecule has 2 aromatic rings. The van der Waals surface area contributed by atoms with Gasteiger partial charge in [0.05, 0.1) is 5.75 Å². The van der Waals surface area contributed by atoms with Gasteiger partial charge in [-0.2, -0.15) is 0 Å². The van der Waals surface area contributed by atoms with Gasteiger partial charge in [0.25, 0.3) is 5.56 Å². The minimum Gasteiger partial charge on any atom is -0.455 e. The van der Waals surface area contributed by atoms with Crippen molar-refractivity contribution in [2.75, 3.05) is 0 Å². The largest absolute Gasteiger partial charge is 0.455 e. The summed E-state index contributed by atoms with van der Waals surface area (Å²) in [6.07, 6.45) is 1.43. The van der Waals surface area contributed by atoms with Gasteiger partial charge in [-0.05, 0) is 12.1 Å². The first-order chi connectivity index (χ1) is 8.69. The Morgan fingerprint density at radius 1 is 1.50 bits per heavy atom. The van der Waals surface area contributed by atoms with Gasteiger partial charge < -0.3 is 9.40 Å². The van der Waals surface area contributed by atoms with Gasteiger partial charge >= 0.3 is 5.91 Å². The molecule has 0 spiro atoms. The molecule has 0 bridgehead atoms. The molecule has 18 heavy (non-hydrogen) atoms. The lowest BCUT2D eigenvalue weighted by atomic mass is 10.4. The molecule has 0 atom stereocenters. The van der Waals surface area contributed by atoms with Crippen LogP contribution < -0.4 is 16.8 Å². The fourth-order valence-electron chi connectivity index (χ4n) is 1.21. The summed E-state index contributed by atoms with van der Waals surface area (Å²) in [6, 6.07) is 4.53. The Labute approximate surface area is 106 Å². The van der Waals surface area contributed by atoms with E-state index >= 15 is 0 Å². The molecule has 1 amide bonds. The van der Waals surface area contributed by atoms with Gasteiger partial charge in [-0.15, -0.1) is 0 Å². The topological polar surface area (TPSA) is 114 Å². The van der Waals surface area contributed by atoms with Crippen LogP contribution in [0.4, 0.5) is 0 Å². The zero-order valence-corrected chi connectivity index (χ0v) is 9.99. The molecule has 0 unspecified atom stereocenters. The van der Waals surface area contributed by atoms with E-state index in [9.17, 15) is 9.59 Å². The van der Waals surface area contributed by atoms with E-state index in [0.29, 0.717) is 16.7 Å². The third-order valence-electron chi connectivity index (χ3n) is 2.02. The van der Waals surface area contributed by atoms with Crippen molar-refractivity contribution in [2.24, 2.45) is 5.84 Å². The lowest BCUT2D eigenvalue weighted by Crippen LogP contribution is -2.29. The van der Waals surface area contributed by atoms with Crippen LogP contribution in [0, 0.1) is 0 Å². The number of amides is 1. The third-order valence-corrected chi connectivity index (χ3v) is 2.93. The van der Waals surface area contributed by atoms with E-state index < -0.39 is 5.91 Å². The molecule has 2 rings (SSSR count). The van der Waals surface area contributed by atoms with Crippen LogP contribution in [0.2, 0.25) is 0 Å². The van der Waals surface area contributed by atoms with Gasteiger partial charge in [-0.3, -0.25) is 15.0 Å². The SMILES string of the molecule is NNC(=O)c1ccc(CSc2nccc(=O)[nH]2)o1. The first kappa shape index (κ1) is 12.4. The highest BCUT2D eigenvalue weighted by molar-refractivity contribution is 7.98. The highest BCUT2D eigenvalue weighted by Gasteiger charge is 2.09. The van der Waals surface area contributed by atoms with Crippen molar-refractivity contribution in [3.8, 4) is 0 Å². The van der Waals surface area contributed by atoms with Crippen molar-refractivity contribution in [1.29, 1.82) is 0 Å². The highest BCUT2D eigenvalue weighted by Crippen LogP contribution is 2.19. The normalized spacial score (nSPS) is 10.3. The number of furan rings is 1. The van der Waals surface area contributed by atoms with E-state index in [1.807, 2.05) is 5.43 Å². The Balaban J connectivity index is 2.00. The minimum atomic E-state index is -0.488. The molecule has 0 radical (unpaired) electrons. The maximum Gasteiger partial charge on any atom is 0.300 e. The van der Waals surface area contributed by atoms with Gasteiger partial charge in [-0.1, -0.05) is 11.8 Å². The van der Waals surface area contributed by atoms with Gasteiger partial charge in [0.1, 0.15) is 5.76 Å². The zero-order valence-electron chi connectivity index (χ0n) is 9.17. The number of aromatic nitrogens is 2. The van der Waals surface area contributed by atoms with E-state index in [0.717, 1.165) is 0 Å². The third kappa shape index (κ3) is 2.99. The van der Waals surface area contributed by atoms with Gasteiger partial charge in [0.2, 0.25) is 0 Å². The van der Waals surface area contributed by atoms with E-state index in [2.05, 4.69) is 9.97 Å². The predicted octanol–water partition coefficient (Wildman–Crippen LogP) is 0.259. The van der Waals surface area contributed by atoms with Crippen LogP contribution in [0.1, 0.15) is 16.3 Å². The summed E-state index contributed by atoms with van der Waals surface area (Å²) in [5.41, 5.74) is 1.76. The van der Waals surface area contributed by atoms with Crippen molar-refractivity contribution in [3.05, 3.63) is 46.3 Å². The molecule has 0 aliphatic carbocycles. The molecule has 94 valence electrons. The number of H-pyrrole nitrogens is 1. The van der Waals surface area contributed by atoms with Crippen molar-refractivity contribution >= 4 is 17.7 Å². The second-order valence-corrected chi connectivity index (χ2v) is 4.23. The molecule has 7 nitrogen and oxygen atoms in total. The van der Waals surface area contributed by atoms with Crippen molar-refractivity contribution in [3.63, 3.8) is 0 Å². The number of nitrogens with two attached hydrogens (primary N) is 1. The average Bonchev–Trinajstić information content (AvgIpc) is 2.84. The summed E-state index contributed by atoms with van der Waals surface area (Å²) in [7, 11) is 0. The molecule has 0 aliphatic rings. The zero-order chi connectivity index (χ0) is 13.0. The highest BCUT2D eigenvalue weighted by atomic mass is 32.2. The maximum atomic E-state index is 11.1. The van der Waals surface area contributed by atoms with Crippen LogP contribution in [0.3, 0.4) is 0 Å². The molecule has 8 heteroatoms. The Morgan fingerprint density at radius 2 is 2.33 bits per heavy atom. The molecule has 0 aromatic carbocycles. The Morgan fingerprint density at radius 3 is 3.06 bits per heavy atom. The van der Waals surface area contributed by atoms with E-state index in [1.54, 1.807) is 6.07 Å². The number of carbonyl (C=O) groups excluding carboxylic acids is 1. The molecular weight excluding hydrogens is 256 g/mol. The van der Waals surface area contributed by atoms with Crippen LogP contribution in [0.25, 0.3) is 0 Å². The van der Waals surface area contributed by atoms with Gasteiger partial charge in [0.15, 0.2) is 10.9 Å². The second kappa shape index (κ2) is 5.52. The number of nitrogens with zero attached hydrogens (tertiary/aromatic N) is 1. The summed E-state index contributed by atoms with van der Waals surface area (Å²) < 4.78 is 5.26. The second-order valence-electron chi connectivity index (χ2n) is 3.27. The monoisotopic (exact) mass is 266 g/mol. The average molecular weight is 266 g/mol. The fourth-order valence-corrected chi connectivity index (χ4v) is 1.96. The molecular formula is C10H10N4O3S. The number of carbonyl (C=O) groups is 1. The number of aromatic amines is 1. The molecule has 2 heterocycles. The predicted molar refractivity (Wildman–Crippen MR) is 64.8 cm³/mol. The van der Waals surface area contributed by atoms with Crippen molar-refractivity contribution in [2.45, 2.75) is 10.9 Å². The number of hydrazine groups is 1. The number of nitrogens with one attached hydrogen (secondary N) is 2. The first-order valence-corrected chi connectivity index (χ1v) is 5.95. The van der Waals surface area contributed by atoms with Crippen molar-refractivity contribution < 1.29 is 9.21 Å². The Kier molecular flexibility index (Phi) is 3.80. The van der Waals surface area contributed by atoms with Crippen LogP contribution in [0.15, 0.2) is 38.8 Å². The van der Waals surface area contributed by atoms with Crippen molar-refractivity contribution in [1.82, 2.24) is 15.4 Å². The number of rotatable bonds is 4. The van der Waals surface area contributed by atoms with Gasteiger partial charge in [0, 0.05) is 12.3 Å². The maximum absolute atomic E-state index is 11.1. The quantitative estimate of drug-likeness (QED) is 0.240. The van der Waals surface area contributed by atoms with E-state index in [-0.39, 0.29) is 11.3 Å². The smallest absolute Gasteiger partial charge is 0.300 e. The Hall–Kier alpha value is -2.06. The lowest BCUT2D eigenvalue weighted by Gasteiger charge is -1.97. The molecule has 0 saturated carbocycles. The number of hydrogen-bond acceptors (Lipinski definition) is 6. The molecule has 0 fully saturated rings. The minimum absolute atomic E-state index is 0.141. The number of nitrogen functional groups attached to an aromatic ring is 1. The summed E-state index contributed by atoms with van der Waals surface area (Å²) >= 11 is 1.30. The molecule has 0 aliphatic heterocycles. The van der Waals surface area contributed by atoms with Crippen LogP contribution in [0.5, 0.6) is 0 Å². The summed E-state index contributed by atoms with van der Waals surface area (Å²) in [4.78, 5) is 28.7. The van der Waals surface area contributed by atoms with E-state index in [4.69, 9.17) is 10.3 Å². The number of thioether (sulfide) groups is 1. The number of hydrogen-bond donors (Lipinski definition) is 3. The molecule has 4 N–H and O–H groups in total. The molecule has 2 aromatic heterocycles. The first-order valence-electron chi connectivity index (χ1n) is 4.97. The van der Waals surface area contributed by atoms with Crippen LogP contribution in [-0.2, 0) is 5.75 Å². The molecule has 0 saturated heterocycles. The van der Waals surface area contributed by atoms with E-state index in [1.165, 1.54) is 30.1 Å². The van der Waals surface area contributed by atoms with Crippen LogP contribution >= 0.6 is 11.8 Å². The van der Waals surface area contributed by atoms with Gasteiger partial charge in [-0.25, -0.2) is 10.8 Å². The summed E-state index contributed by atoms with van der Waals surface area (Å²) in [5.74, 6) is 5.67. The lowest BCUT2D eigenvalue weighted by molar-refractivity contribution is 0.0924. The standard InChI is InChI=1S/C10H10N4O3S/c11-14-9(16)7-2-1-6(17-7)5-18-10-12-4-3-8(15)13-10/h1-4H,5,11H2,(H,14,16)(H,12,13,15). The summed E-state index contributed by atoms with van der Waals surface area (Å²) in [5, 5.41) is 0.490. The fraction of sp³-hybridized carbons (Fsp3) is 0.100. The Bertz CT molecular complexity index is 607. The summed E-state index contributed by atoms with van der Waals surface area (Å²) in [6.45, 7) is 0.